The molecule has 146 valence electrons. The van der Waals surface area contributed by atoms with Crippen LogP contribution < -0.4 is 26.9 Å². The maximum absolute atomic E-state index is 12.2. The van der Waals surface area contributed by atoms with Gasteiger partial charge in [0.05, 0.1) is 0 Å². The highest BCUT2D eigenvalue weighted by atomic mass is 79.9. The molecule has 0 unspecified atom stereocenters. The van der Waals surface area contributed by atoms with Crippen molar-refractivity contribution in [3.8, 4) is 0 Å². The zero-order valence-electron chi connectivity index (χ0n) is 15.9. The molecule has 0 radical (unpaired) electrons. The first-order valence-electron chi connectivity index (χ1n) is 9.79. The molecule has 1 aliphatic rings. The van der Waals surface area contributed by atoms with Crippen LogP contribution in [0.3, 0.4) is 0 Å². The first-order valence-corrected chi connectivity index (χ1v) is 9.79. The monoisotopic (exact) mass is 431 g/mol. The van der Waals surface area contributed by atoms with E-state index in [9.17, 15) is 4.79 Å². The third-order valence-corrected chi connectivity index (χ3v) is 5.05. The number of hydrogen-bond donors (Lipinski definition) is 1. The number of amides is 1. The molecule has 1 N–H and O–H groups in total. The zero-order valence-corrected chi connectivity index (χ0v) is 17.5. The third-order valence-electron chi connectivity index (χ3n) is 5.05. The molecule has 1 fully saturated rings. The molecule has 0 aliphatic carbocycles. The molecule has 0 saturated carbocycles. The minimum Gasteiger partial charge on any atom is -1.00 e. The number of aryl methyl sites for hydroxylation is 1. The van der Waals surface area contributed by atoms with Crippen LogP contribution in [0.1, 0.15) is 37.7 Å². The van der Waals surface area contributed by atoms with Crippen molar-refractivity contribution in [3.63, 3.8) is 0 Å². The molecule has 1 aromatic heterocycles. The highest BCUT2D eigenvalue weighted by Crippen LogP contribution is 2.14. The van der Waals surface area contributed by atoms with Crippen molar-refractivity contribution in [2.45, 2.75) is 51.2 Å². The molecule has 27 heavy (non-hydrogen) atoms. The molecule has 0 atom stereocenters. The Kier molecular flexibility index (Phi) is 9.50. The van der Waals surface area contributed by atoms with Crippen LogP contribution in [-0.4, -0.2) is 29.9 Å². The van der Waals surface area contributed by atoms with Gasteiger partial charge in [0.25, 0.3) is 0 Å². The lowest BCUT2D eigenvalue weighted by Gasteiger charge is -2.32. The van der Waals surface area contributed by atoms with Gasteiger partial charge in [-0.3, -0.25) is 9.69 Å². The summed E-state index contributed by atoms with van der Waals surface area (Å²) < 4.78 is 2.17. The van der Waals surface area contributed by atoms with Gasteiger partial charge in [0, 0.05) is 50.7 Å². The Morgan fingerprint density at radius 1 is 1.00 bits per heavy atom. The van der Waals surface area contributed by atoms with E-state index in [1.165, 1.54) is 5.56 Å². The van der Waals surface area contributed by atoms with E-state index in [4.69, 9.17) is 0 Å². The van der Waals surface area contributed by atoms with Crippen molar-refractivity contribution in [1.29, 1.82) is 0 Å². The van der Waals surface area contributed by atoms with Crippen LogP contribution in [-0.2, 0) is 17.9 Å². The molecule has 0 bridgehead atoms. The van der Waals surface area contributed by atoms with Crippen molar-refractivity contribution in [1.82, 2.24) is 10.2 Å². The van der Waals surface area contributed by atoms with E-state index >= 15 is 0 Å². The smallest absolute Gasteiger partial charge is 0.220 e. The van der Waals surface area contributed by atoms with E-state index in [0.29, 0.717) is 12.5 Å². The maximum Gasteiger partial charge on any atom is 0.220 e. The quantitative estimate of drug-likeness (QED) is 0.469. The topological polar surface area (TPSA) is 36.2 Å². The maximum atomic E-state index is 12.2. The molecule has 0 spiro atoms. The summed E-state index contributed by atoms with van der Waals surface area (Å²) in [6.07, 6.45) is 8.87. The molecule has 5 heteroatoms. The van der Waals surface area contributed by atoms with E-state index in [1.54, 1.807) is 0 Å². The third kappa shape index (κ3) is 7.81. The van der Waals surface area contributed by atoms with Crippen molar-refractivity contribution in [3.05, 3.63) is 66.5 Å². The van der Waals surface area contributed by atoms with E-state index in [-0.39, 0.29) is 22.9 Å². The largest absolute Gasteiger partial charge is 1.00 e. The molecule has 1 saturated heterocycles. The first-order chi connectivity index (χ1) is 12.8. The number of rotatable bonds is 8. The highest BCUT2D eigenvalue weighted by Gasteiger charge is 2.20. The fourth-order valence-corrected chi connectivity index (χ4v) is 3.54. The minimum atomic E-state index is 0. The van der Waals surface area contributed by atoms with E-state index < -0.39 is 0 Å². The van der Waals surface area contributed by atoms with Gasteiger partial charge in [0.15, 0.2) is 12.4 Å². The number of hydrogen-bond acceptors (Lipinski definition) is 2. The van der Waals surface area contributed by atoms with Gasteiger partial charge in [-0.2, -0.15) is 0 Å². The van der Waals surface area contributed by atoms with Crippen LogP contribution in [0.2, 0.25) is 0 Å². The van der Waals surface area contributed by atoms with Crippen LogP contribution in [0.4, 0.5) is 0 Å². The van der Waals surface area contributed by atoms with Crippen molar-refractivity contribution >= 4 is 5.91 Å². The predicted molar refractivity (Wildman–Crippen MR) is 103 cm³/mol. The van der Waals surface area contributed by atoms with Gasteiger partial charge < -0.3 is 22.3 Å². The number of halogens is 1. The highest BCUT2D eigenvalue weighted by molar-refractivity contribution is 5.76. The van der Waals surface area contributed by atoms with E-state index in [1.807, 2.05) is 18.2 Å². The van der Waals surface area contributed by atoms with E-state index in [0.717, 1.165) is 51.9 Å². The average Bonchev–Trinajstić information content (AvgIpc) is 2.68. The summed E-state index contributed by atoms with van der Waals surface area (Å²) in [5.74, 6) is 0.213. The molecule has 3 rings (SSSR count). The SMILES string of the molecule is O=C(CCCC[n+]1ccccc1)NC1CCN(Cc2ccccc2)CC1.[Br-]. The molecule has 2 aromatic rings. The molecular weight excluding hydrogens is 402 g/mol. The van der Waals surface area contributed by atoms with E-state index in [2.05, 4.69) is 57.5 Å². The normalized spacial score (nSPS) is 15.1. The van der Waals surface area contributed by atoms with Crippen molar-refractivity contribution < 1.29 is 26.3 Å². The number of pyridine rings is 1. The molecule has 2 heterocycles. The zero-order chi connectivity index (χ0) is 18.0. The summed E-state index contributed by atoms with van der Waals surface area (Å²) >= 11 is 0. The fraction of sp³-hybridized carbons (Fsp3) is 0.455. The Labute approximate surface area is 173 Å². The van der Waals surface area contributed by atoms with Crippen LogP contribution in [0.15, 0.2) is 60.9 Å². The van der Waals surface area contributed by atoms with Gasteiger partial charge >= 0.3 is 0 Å². The Morgan fingerprint density at radius 2 is 1.67 bits per heavy atom. The average molecular weight is 432 g/mol. The predicted octanol–water partition coefficient (Wildman–Crippen LogP) is -0.0708. The number of carbonyl (C=O) groups excluding carboxylic acids is 1. The number of unbranched alkanes of at least 4 members (excludes halogenated alkanes) is 1. The number of benzene rings is 1. The Balaban J connectivity index is 0.00000261. The summed E-state index contributed by atoms with van der Waals surface area (Å²) in [6, 6.07) is 17.1. The summed E-state index contributed by atoms with van der Waals surface area (Å²) in [5, 5.41) is 3.23. The van der Waals surface area contributed by atoms with Crippen LogP contribution >= 0.6 is 0 Å². The first kappa shape index (κ1) is 21.6. The number of carbonyl (C=O) groups is 1. The number of nitrogens with zero attached hydrogens (tertiary/aromatic N) is 2. The van der Waals surface area contributed by atoms with Crippen LogP contribution in [0.5, 0.6) is 0 Å². The molecule has 1 amide bonds. The number of piperidine rings is 1. The van der Waals surface area contributed by atoms with Crippen LogP contribution in [0.25, 0.3) is 0 Å². The van der Waals surface area contributed by atoms with Crippen LogP contribution in [0, 0.1) is 0 Å². The lowest BCUT2D eigenvalue weighted by Crippen LogP contribution is -3.00. The second kappa shape index (κ2) is 11.9. The van der Waals surface area contributed by atoms with Gasteiger partial charge in [-0.25, -0.2) is 4.57 Å². The second-order valence-corrected chi connectivity index (χ2v) is 7.17. The Bertz CT molecular complexity index is 658. The molecule has 1 aromatic carbocycles. The lowest BCUT2D eigenvalue weighted by atomic mass is 10.0. The lowest BCUT2D eigenvalue weighted by molar-refractivity contribution is -0.697. The van der Waals surface area contributed by atoms with Crippen molar-refractivity contribution in [2.75, 3.05) is 13.1 Å². The van der Waals surface area contributed by atoms with Gasteiger partial charge in [-0.15, -0.1) is 0 Å². The molecule has 1 aliphatic heterocycles. The number of likely N-dealkylation sites (tertiary alicyclic amines) is 1. The fourth-order valence-electron chi connectivity index (χ4n) is 3.54. The summed E-state index contributed by atoms with van der Waals surface area (Å²) in [6.45, 7) is 4.11. The molecule has 4 nitrogen and oxygen atoms in total. The Hall–Kier alpha value is -1.72. The van der Waals surface area contributed by atoms with Crippen molar-refractivity contribution in [2.24, 2.45) is 0 Å². The standard InChI is InChI=1S/C22H29N3O.BrH/c26-22(11-5-8-16-24-14-6-2-7-15-24)23-21-12-17-25(18-13-21)19-20-9-3-1-4-10-20;/h1-4,6-7,9-10,14-15,21H,5,8,11-13,16-19H2;1H. The van der Waals surface area contributed by atoms with Gasteiger partial charge in [-0.05, 0) is 24.8 Å². The number of nitrogens with one attached hydrogen (secondary N) is 1. The summed E-state index contributed by atoms with van der Waals surface area (Å²) in [4.78, 5) is 14.6. The Morgan fingerprint density at radius 3 is 2.37 bits per heavy atom. The number of aromatic nitrogens is 1. The van der Waals surface area contributed by atoms with Gasteiger partial charge in [0.1, 0.15) is 6.54 Å². The second-order valence-electron chi connectivity index (χ2n) is 7.17. The summed E-state index contributed by atoms with van der Waals surface area (Å²) in [5.41, 5.74) is 1.37. The van der Waals surface area contributed by atoms with Gasteiger partial charge in [0.2, 0.25) is 5.91 Å². The minimum absolute atomic E-state index is 0. The molecular formula is C22H30BrN3O. The summed E-state index contributed by atoms with van der Waals surface area (Å²) in [7, 11) is 0. The van der Waals surface area contributed by atoms with Gasteiger partial charge in [-0.1, -0.05) is 36.4 Å².